The van der Waals surface area contributed by atoms with E-state index in [9.17, 15) is 176 Å². The van der Waals surface area contributed by atoms with Crippen LogP contribution in [0.2, 0.25) is 0 Å². The van der Waals surface area contributed by atoms with Gasteiger partial charge in [-0.15, -0.1) is 0 Å². The molecule has 0 radical (unpaired) electrons. The van der Waals surface area contributed by atoms with Crippen LogP contribution in [0.5, 0.6) is 161 Å². The Labute approximate surface area is 676 Å². The number of cyclic esters (lactones) is 2. The third-order valence-electron chi connectivity index (χ3n) is 18.9. The maximum atomic E-state index is 15.4. The maximum Gasteiger partial charge on any atom is 0.344 e. The monoisotopic (exact) mass is 1720 g/mol. The van der Waals surface area contributed by atoms with Gasteiger partial charge in [0.05, 0.1) is 44.5 Å². The van der Waals surface area contributed by atoms with Crippen molar-refractivity contribution in [3.05, 3.63) is 129 Å². The highest BCUT2D eigenvalue weighted by Crippen LogP contribution is 2.58. The topological polar surface area (TPSA) is 811 Å². The van der Waals surface area contributed by atoms with Crippen molar-refractivity contribution in [3.63, 3.8) is 0 Å². The van der Waals surface area contributed by atoms with Gasteiger partial charge in [0.2, 0.25) is 46.9 Å². The lowest BCUT2D eigenvalue weighted by Gasteiger charge is -2.43. The van der Waals surface area contributed by atoms with E-state index >= 15 is 4.79 Å². The highest BCUT2D eigenvalue weighted by molar-refractivity contribution is 6.10. The molecule has 0 aromatic heterocycles. The summed E-state index contributed by atoms with van der Waals surface area (Å²) in [7, 11) is 0. The molecule has 27 N–H and O–H groups in total. The van der Waals surface area contributed by atoms with Crippen LogP contribution in [-0.4, -0.2) is 266 Å². The number of carbonyl (C=O) groups is 9. The van der Waals surface area contributed by atoms with Crippen molar-refractivity contribution >= 4 is 53.7 Å². The average molecular weight is 1720 g/mol. The fraction of sp³-hybridized carbons (Fsp3) is 0.160. The van der Waals surface area contributed by atoms with Gasteiger partial charge in [0.25, 0.3) is 0 Å². The third-order valence-corrected chi connectivity index (χ3v) is 18.9. The molecule has 10 atom stereocenters. The number of fused-ring (bicyclic) bond motifs is 8. The SMILES string of the molecule is O=C(OC1[C@@H](OC(=O)c2cc(O)c(O)c(O)c2)C(O)O[C@@H]2COC(=O)c3cc(Oc4c(C(=O)O[C@@H]5O[C@@H]6COC(=O)c7cc(O)c(O)c(O)c7-c7c(cc(O)c(O)c7O)C(=O)O[C@H]6[C@H](OC(=O)c6cc(O)c(O)c(O)c6)[C@H]5OC(=O)c5cc(O)c(O)c(O)c5)cc(O)c(O)c4O)c(O)c(O)c3-c3c(cc(O)c(O)c3O)C(=O)O[C@@H]12)c1cc(O)c(O)c(O)c1. The van der Waals surface area contributed by atoms with Gasteiger partial charge in [0.1, 0.15) is 31.0 Å². The molecule has 2 saturated heterocycles. The van der Waals surface area contributed by atoms with Gasteiger partial charge in [-0.2, -0.15) is 0 Å². The number of aliphatic hydroxyl groups excluding tert-OH is 1. The van der Waals surface area contributed by atoms with Gasteiger partial charge in [-0.1, -0.05) is 0 Å². The van der Waals surface area contributed by atoms with Crippen LogP contribution in [-0.2, 0) is 52.1 Å². The number of phenolic OH excluding ortho intramolecular Hbond substituents is 26. The van der Waals surface area contributed by atoms with Crippen molar-refractivity contribution in [1.29, 1.82) is 0 Å². The molecule has 0 spiro atoms. The normalized spacial score (nSPS) is 19.8. The first-order chi connectivity index (χ1) is 57.9. The van der Waals surface area contributed by atoms with Gasteiger partial charge < -0.3 is 195 Å². The van der Waals surface area contributed by atoms with E-state index in [-0.39, 0.29) is 24.3 Å². The van der Waals surface area contributed by atoms with Crippen molar-refractivity contribution < 1.29 is 238 Å². The summed E-state index contributed by atoms with van der Waals surface area (Å²) in [5, 5.41) is 293. The minimum atomic E-state index is -3.09. The molecule has 0 aliphatic carbocycles. The number of esters is 9. The second-order valence-corrected chi connectivity index (χ2v) is 26.5. The summed E-state index contributed by atoms with van der Waals surface area (Å²) in [5.41, 5.74) is -16.0. The molecule has 123 heavy (non-hydrogen) atoms. The zero-order chi connectivity index (χ0) is 89.7. The summed E-state index contributed by atoms with van der Waals surface area (Å²) in [6.45, 7) is -3.07. The molecule has 0 amide bonds. The second-order valence-electron chi connectivity index (χ2n) is 26.5. The number of benzene rings is 9. The summed E-state index contributed by atoms with van der Waals surface area (Å²) >= 11 is 0. The molecule has 4 aliphatic rings. The minimum Gasteiger partial charge on any atom is -0.504 e. The Balaban J connectivity index is 0.927. The summed E-state index contributed by atoms with van der Waals surface area (Å²) in [6.07, 6.45) is -27.3. The fourth-order valence-corrected chi connectivity index (χ4v) is 12.9. The number of ether oxygens (including phenoxy) is 12. The van der Waals surface area contributed by atoms with Crippen LogP contribution < -0.4 is 4.74 Å². The molecule has 9 aromatic carbocycles. The lowest BCUT2D eigenvalue weighted by atomic mass is 9.91. The molecule has 48 heteroatoms. The number of hydrogen-bond donors (Lipinski definition) is 27. The zero-order valence-corrected chi connectivity index (χ0v) is 60.3. The standard InChI is InChI=1S/C75H54O48/c76-25-1-16(2-26(77)44(25)88)65(102)119-61-59-38(115-74(111)63(61)121-67(104)18-5-29(80)46(90)30(81)6-18)14-112-70(107)23-13-37(52(96)56(100)43(23)42-22(71(108)117-59)11-35(86)50(94)55(42)99)114-58-24(12-36(87)51(95)57(58)101)73(110)123-75-64(122-68(105)19-7-31(82)47(91)32(83)8-19)62(120-66(103)17-3-27(78)45(89)28(79)4-17)60-39(116-75)15-113-69(106)20-9-33(84)48(92)53(97)40(20)41-21(72(109)118-60)10-34(85)49(93)54(41)98/h1-13,38-39,59-64,74-101,111H,14-15H2/t38-,39-,59-,60-,61?,62+,63-,64-,74?,75+/m1/s1. The Bertz CT molecular complexity index is 5970. The second kappa shape index (κ2) is 31.3. The first kappa shape index (κ1) is 83.6. The van der Waals surface area contributed by atoms with Gasteiger partial charge >= 0.3 is 53.7 Å². The molecular formula is C75H54O48. The van der Waals surface area contributed by atoms with Crippen molar-refractivity contribution in [2.75, 3.05) is 13.2 Å². The number of aliphatic hydroxyl groups is 1. The summed E-state index contributed by atoms with van der Waals surface area (Å²) < 4.78 is 67.7. The molecule has 13 rings (SSSR count). The number of carbonyl (C=O) groups excluding carboxylic acids is 9. The van der Waals surface area contributed by atoms with Crippen LogP contribution in [0.4, 0.5) is 0 Å². The van der Waals surface area contributed by atoms with E-state index in [1.165, 1.54) is 0 Å². The summed E-state index contributed by atoms with van der Waals surface area (Å²) in [6, 6.07) is 4.60. The molecular weight excluding hydrogens is 1670 g/mol. The quantitative estimate of drug-likeness (QED) is 0.0475. The van der Waals surface area contributed by atoms with Crippen molar-refractivity contribution in [1.82, 2.24) is 0 Å². The Morgan fingerprint density at radius 3 is 0.935 bits per heavy atom. The highest BCUT2D eigenvalue weighted by Gasteiger charge is 2.57. The van der Waals surface area contributed by atoms with Crippen molar-refractivity contribution in [3.8, 4) is 183 Å². The molecule has 642 valence electrons. The van der Waals surface area contributed by atoms with Crippen LogP contribution in [0.3, 0.4) is 0 Å². The van der Waals surface area contributed by atoms with E-state index in [1.807, 2.05) is 0 Å². The Morgan fingerprint density at radius 1 is 0.285 bits per heavy atom. The third kappa shape index (κ3) is 14.8. The molecule has 4 aliphatic heterocycles. The van der Waals surface area contributed by atoms with Gasteiger partial charge in [0.15, 0.2) is 163 Å². The lowest BCUT2D eigenvalue weighted by Crippen LogP contribution is -2.63. The summed E-state index contributed by atoms with van der Waals surface area (Å²) in [5.74, 6) is -58.4. The Morgan fingerprint density at radius 2 is 0.569 bits per heavy atom. The first-order valence-corrected chi connectivity index (χ1v) is 34.1. The van der Waals surface area contributed by atoms with Crippen LogP contribution >= 0.6 is 0 Å². The van der Waals surface area contributed by atoms with E-state index in [4.69, 9.17) is 56.8 Å². The van der Waals surface area contributed by atoms with E-state index < -0.39 is 362 Å². The molecule has 2 fully saturated rings. The number of phenols is 26. The van der Waals surface area contributed by atoms with Crippen LogP contribution in [0, 0.1) is 0 Å². The molecule has 48 nitrogen and oxygen atoms in total. The predicted octanol–water partition coefficient (Wildman–Crippen LogP) is 2.75. The largest absolute Gasteiger partial charge is 0.504 e. The Hall–Kier alpha value is -17.3. The Kier molecular flexibility index (Phi) is 21.3. The van der Waals surface area contributed by atoms with Crippen LogP contribution in [0.15, 0.2) is 78.9 Å². The van der Waals surface area contributed by atoms with E-state index in [0.29, 0.717) is 54.6 Å². The van der Waals surface area contributed by atoms with Crippen molar-refractivity contribution in [2.45, 2.75) is 61.4 Å². The molecule has 9 aromatic rings. The maximum absolute atomic E-state index is 15.4. The van der Waals surface area contributed by atoms with Crippen molar-refractivity contribution in [2.24, 2.45) is 0 Å². The average Bonchev–Trinajstić information content (AvgIpc) is 1.73. The fourth-order valence-electron chi connectivity index (χ4n) is 12.9. The predicted molar refractivity (Wildman–Crippen MR) is 380 cm³/mol. The van der Waals surface area contributed by atoms with E-state index in [2.05, 4.69) is 0 Å². The number of aromatic hydroxyl groups is 26. The molecule has 2 unspecified atom stereocenters. The molecule has 0 saturated carbocycles. The minimum absolute atomic E-state index is 0.108. The van der Waals surface area contributed by atoms with E-state index in [0.717, 1.165) is 0 Å². The smallest absolute Gasteiger partial charge is 0.344 e. The summed E-state index contributed by atoms with van der Waals surface area (Å²) in [4.78, 5) is 132. The van der Waals surface area contributed by atoms with Gasteiger partial charge in [-0.05, 0) is 66.7 Å². The van der Waals surface area contributed by atoms with Crippen LogP contribution in [0.25, 0.3) is 22.3 Å². The molecule has 4 heterocycles. The van der Waals surface area contributed by atoms with E-state index in [1.54, 1.807) is 0 Å². The van der Waals surface area contributed by atoms with Gasteiger partial charge in [0, 0.05) is 34.4 Å². The molecule has 0 bridgehead atoms. The van der Waals surface area contributed by atoms with Crippen LogP contribution in [0.1, 0.15) is 93.2 Å². The first-order valence-electron chi connectivity index (χ1n) is 34.1. The van der Waals surface area contributed by atoms with Gasteiger partial charge in [-0.3, -0.25) is 0 Å². The number of hydrogen-bond acceptors (Lipinski definition) is 48. The lowest BCUT2D eigenvalue weighted by molar-refractivity contribution is -0.284. The highest BCUT2D eigenvalue weighted by atomic mass is 16.8. The van der Waals surface area contributed by atoms with Gasteiger partial charge in [-0.25, -0.2) is 43.2 Å². The zero-order valence-electron chi connectivity index (χ0n) is 60.3. The number of rotatable bonds is 12.